The Kier molecular flexibility index (Phi) is 13.0. The van der Waals surface area contributed by atoms with Crippen molar-refractivity contribution >= 4 is 11.9 Å². The van der Waals surface area contributed by atoms with Crippen LogP contribution in [-0.4, -0.2) is 22.2 Å². The number of aryl methyl sites for hydroxylation is 2. The molecule has 0 heterocycles. The molecule has 0 spiro atoms. The molecular formula is C29H40O4. The Balaban J connectivity index is 1.76. The van der Waals surface area contributed by atoms with Gasteiger partial charge in [0, 0.05) is 12.8 Å². The molecule has 4 heteroatoms. The van der Waals surface area contributed by atoms with Gasteiger partial charge in [0.05, 0.1) is 0 Å². The minimum Gasteiger partial charge on any atom is -0.481 e. The molecule has 2 N–H and O–H groups in total. The molecule has 2 aromatic carbocycles. The lowest BCUT2D eigenvalue weighted by Gasteiger charge is -2.20. The fourth-order valence-electron chi connectivity index (χ4n) is 4.61. The van der Waals surface area contributed by atoms with Gasteiger partial charge < -0.3 is 10.2 Å². The third-order valence-corrected chi connectivity index (χ3v) is 6.39. The summed E-state index contributed by atoms with van der Waals surface area (Å²) in [4.78, 5) is 21.9. The Hall–Kier alpha value is -2.62. The molecule has 4 nitrogen and oxygen atoms in total. The summed E-state index contributed by atoms with van der Waals surface area (Å²) in [6.45, 7) is 0. The number of carboxylic acid groups (broad SMARTS) is 2. The summed E-state index contributed by atoms with van der Waals surface area (Å²) in [7, 11) is 0. The highest BCUT2D eigenvalue weighted by atomic mass is 16.4. The van der Waals surface area contributed by atoms with Gasteiger partial charge in [0.2, 0.25) is 0 Å². The zero-order valence-electron chi connectivity index (χ0n) is 19.9. The van der Waals surface area contributed by atoms with Gasteiger partial charge in [0.15, 0.2) is 0 Å². The fourth-order valence-corrected chi connectivity index (χ4v) is 4.61. The van der Waals surface area contributed by atoms with E-state index in [4.69, 9.17) is 10.2 Å². The first-order valence-electron chi connectivity index (χ1n) is 12.6. The molecule has 33 heavy (non-hydrogen) atoms. The lowest BCUT2D eigenvalue weighted by atomic mass is 9.84. The number of aliphatic carboxylic acids is 2. The van der Waals surface area contributed by atoms with Crippen LogP contribution >= 0.6 is 0 Å². The zero-order chi connectivity index (χ0) is 23.7. The van der Waals surface area contributed by atoms with E-state index >= 15 is 0 Å². The van der Waals surface area contributed by atoms with E-state index in [-0.39, 0.29) is 18.8 Å². The van der Waals surface area contributed by atoms with Gasteiger partial charge >= 0.3 is 11.9 Å². The average molecular weight is 453 g/mol. The first-order chi connectivity index (χ1) is 16.1. The van der Waals surface area contributed by atoms with Crippen LogP contribution in [-0.2, 0) is 22.4 Å². The van der Waals surface area contributed by atoms with Gasteiger partial charge in [-0.25, -0.2) is 0 Å². The Morgan fingerprint density at radius 1 is 0.606 bits per heavy atom. The van der Waals surface area contributed by atoms with Crippen LogP contribution in [0.1, 0.15) is 99.7 Å². The summed E-state index contributed by atoms with van der Waals surface area (Å²) in [6.07, 6.45) is 12.8. The monoisotopic (exact) mass is 452 g/mol. The Labute approximate surface area is 199 Å². The first kappa shape index (κ1) is 26.6. The highest BCUT2D eigenvalue weighted by molar-refractivity contribution is 5.66. The topological polar surface area (TPSA) is 74.6 Å². The molecule has 0 aliphatic carbocycles. The van der Waals surface area contributed by atoms with E-state index < -0.39 is 11.9 Å². The molecular weight excluding hydrogens is 412 g/mol. The molecule has 0 aliphatic rings. The molecule has 0 saturated carbocycles. The van der Waals surface area contributed by atoms with E-state index in [0.717, 1.165) is 25.7 Å². The summed E-state index contributed by atoms with van der Waals surface area (Å²) in [5, 5.41) is 18.0. The number of hydrogen-bond acceptors (Lipinski definition) is 2. The summed E-state index contributed by atoms with van der Waals surface area (Å²) in [5.74, 6) is -1.30. The lowest BCUT2D eigenvalue weighted by Crippen LogP contribution is -2.06. The number of unbranched alkanes of at least 4 members (excludes halogenated alkanes) is 5. The van der Waals surface area contributed by atoms with Crippen LogP contribution in [0.15, 0.2) is 54.6 Å². The van der Waals surface area contributed by atoms with Crippen molar-refractivity contribution in [3.8, 4) is 0 Å². The molecule has 0 radical (unpaired) electrons. The minimum absolute atomic E-state index is 0.169. The maximum atomic E-state index is 11.0. The van der Waals surface area contributed by atoms with Gasteiger partial charge in [-0.05, 0) is 74.0 Å². The number of rotatable bonds is 18. The molecule has 2 aromatic rings. The van der Waals surface area contributed by atoms with Crippen LogP contribution in [0.5, 0.6) is 0 Å². The smallest absolute Gasteiger partial charge is 0.303 e. The maximum Gasteiger partial charge on any atom is 0.303 e. The van der Waals surface area contributed by atoms with Crippen LogP contribution in [0.4, 0.5) is 0 Å². The van der Waals surface area contributed by atoms with Crippen LogP contribution in [0.2, 0.25) is 0 Å². The van der Waals surface area contributed by atoms with Crippen molar-refractivity contribution < 1.29 is 19.8 Å². The summed E-state index contributed by atoms with van der Waals surface area (Å²) in [5.41, 5.74) is 4.06. The van der Waals surface area contributed by atoms with Crippen LogP contribution in [0, 0.1) is 0 Å². The van der Waals surface area contributed by atoms with E-state index in [2.05, 4.69) is 48.5 Å². The van der Waals surface area contributed by atoms with Crippen molar-refractivity contribution in [1.29, 1.82) is 0 Å². The Morgan fingerprint density at radius 3 is 1.73 bits per heavy atom. The highest BCUT2D eigenvalue weighted by Crippen LogP contribution is 2.31. The second-order valence-electron chi connectivity index (χ2n) is 9.07. The molecule has 0 aromatic heterocycles. The van der Waals surface area contributed by atoms with E-state index in [9.17, 15) is 9.59 Å². The van der Waals surface area contributed by atoms with Crippen molar-refractivity contribution in [3.63, 3.8) is 0 Å². The van der Waals surface area contributed by atoms with Gasteiger partial charge in [-0.1, -0.05) is 80.3 Å². The number of carbonyl (C=O) groups is 2. The van der Waals surface area contributed by atoms with Crippen molar-refractivity contribution in [2.24, 2.45) is 0 Å². The van der Waals surface area contributed by atoms with E-state index in [1.54, 1.807) is 0 Å². The zero-order valence-corrected chi connectivity index (χ0v) is 19.9. The summed E-state index contributed by atoms with van der Waals surface area (Å²) in [6, 6.07) is 19.2. The van der Waals surface area contributed by atoms with Crippen molar-refractivity contribution in [3.05, 3.63) is 71.3 Å². The summed E-state index contributed by atoms with van der Waals surface area (Å²) >= 11 is 0. The molecule has 0 atom stereocenters. The van der Waals surface area contributed by atoms with Gasteiger partial charge in [-0.2, -0.15) is 0 Å². The van der Waals surface area contributed by atoms with Gasteiger partial charge in [-0.3, -0.25) is 9.59 Å². The van der Waals surface area contributed by atoms with Gasteiger partial charge in [0.1, 0.15) is 0 Å². The van der Waals surface area contributed by atoms with Crippen molar-refractivity contribution in [1.82, 2.24) is 0 Å². The van der Waals surface area contributed by atoms with E-state index in [1.165, 1.54) is 55.2 Å². The fraction of sp³-hybridized carbons (Fsp3) is 0.517. The number of hydrogen-bond donors (Lipinski definition) is 2. The summed E-state index contributed by atoms with van der Waals surface area (Å²) < 4.78 is 0. The Morgan fingerprint density at radius 2 is 1.12 bits per heavy atom. The molecule has 0 bridgehead atoms. The first-order valence-corrected chi connectivity index (χ1v) is 12.6. The largest absolute Gasteiger partial charge is 0.481 e. The van der Waals surface area contributed by atoms with Crippen LogP contribution in [0.25, 0.3) is 0 Å². The SMILES string of the molecule is O=C(O)CCCC(CCCC(=O)O)c1ccccc1CCCCCCCCc1ccccc1. The second-order valence-corrected chi connectivity index (χ2v) is 9.07. The number of carboxylic acids is 2. The molecule has 180 valence electrons. The molecule has 0 aliphatic heterocycles. The van der Waals surface area contributed by atoms with Crippen molar-refractivity contribution in [2.45, 2.75) is 95.8 Å². The third-order valence-electron chi connectivity index (χ3n) is 6.39. The molecule has 0 saturated heterocycles. The minimum atomic E-state index is -0.767. The van der Waals surface area contributed by atoms with Gasteiger partial charge in [-0.15, -0.1) is 0 Å². The Bertz CT molecular complexity index is 795. The van der Waals surface area contributed by atoms with Crippen molar-refractivity contribution in [2.75, 3.05) is 0 Å². The normalized spacial score (nSPS) is 11.1. The van der Waals surface area contributed by atoms with Gasteiger partial charge in [0.25, 0.3) is 0 Å². The quantitative estimate of drug-likeness (QED) is 0.231. The molecule has 0 fully saturated rings. The van der Waals surface area contributed by atoms with E-state index in [1.807, 2.05) is 6.07 Å². The maximum absolute atomic E-state index is 11.0. The van der Waals surface area contributed by atoms with Crippen LogP contribution < -0.4 is 0 Å². The van der Waals surface area contributed by atoms with Crippen LogP contribution in [0.3, 0.4) is 0 Å². The predicted molar refractivity (Wildman–Crippen MR) is 134 cm³/mol. The third kappa shape index (κ3) is 11.7. The molecule has 2 rings (SSSR count). The second kappa shape index (κ2) is 16.1. The standard InChI is InChI=1S/C29H40O4/c30-28(31)22-12-19-26(20-13-23-29(32)33)27-21-11-10-18-25(27)17-9-4-2-1-3-6-14-24-15-7-5-8-16-24/h5,7-8,10-11,15-16,18,21,26H,1-4,6,9,12-14,17,19-20,22-23H2,(H,30,31)(H,32,33). The highest BCUT2D eigenvalue weighted by Gasteiger charge is 2.16. The van der Waals surface area contributed by atoms with E-state index in [0.29, 0.717) is 12.8 Å². The predicted octanol–water partition coefficient (Wildman–Crippen LogP) is 7.41. The lowest BCUT2D eigenvalue weighted by molar-refractivity contribution is -0.138. The number of benzene rings is 2. The molecule has 0 amide bonds. The average Bonchev–Trinajstić information content (AvgIpc) is 2.80. The molecule has 0 unspecified atom stereocenters.